The van der Waals surface area contributed by atoms with Crippen LogP contribution in [0.3, 0.4) is 0 Å². The van der Waals surface area contributed by atoms with Crippen molar-refractivity contribution in [2.75, 3.05) is 25.1 Å². The van der Waals surface area contributed by atoms with Crippen LogP contribution < -0.4 is 10.0 Å². The second kappa shape index (κ2) is 9.78. The number of thiophene rings is 1. The summed E-state index contributed by atoms with van der Waals surface area (Å²) in [5.74, 6) is 1.14. The van der Waals surface area contributed by atoms with Gasteiger partial charge in [0.1, 0.15) is 0 Å². The zero-order valence-corrected chi connectivity index (χ0v) is 14.6. The minimum atomic E-state index is -3.36. The Morgan fingerprint density at radius 3 is 2.80 bits per heavy atom. The standard InChI is InChI=1S/C13H24N2O2S3/c1-3-14-11-12-13(7-10-19-12)20(16,17)15-8-5-4-6-9-18-2/h7,10,14-15H,3-6,8-9,11H2,1-2H3. The molecule has 0 radical (unpaired) electrons. The van der Waals surface area contributed by atoms with Gasteiger partial charge in [-0.05, 0) is 42.8 Å². The SMILES string of the molecule is CCNCc1sccc1S(=O)(=O)NCCCCCSC. The van der Waals surface area contributed by atoms with Crippen LogP contribution in [0, 0.1) is 0 Å². The van der Waals surface area contributed by atoms with Gasteiger partial charge >= 0.3 is 0 Å². The van der Waals surface area contributed by atoms with Crippen LogP contribution in [0.2, 0.25) is 0 Å². The van der Waals surface area contributed by atoms with Crippen LogP contribution >= 0.6 is 23.1 Å². The van der Waals surface area contributed by atoms with Crippen LogP contribution in [-0.2, 0) is 16.6 Å². The summed E-state index contributed by atoms with van der Waals surface area (Å²) in [5, 5.41) is 5.00. The third-order valence-electron chi connectivity index (χ3n) is 2.85. The molecule has 1 aromatic heterocycles. The number of thioether (sulfide) groups is 1. The Morgan fingerprint density at radius 1 is 1.30 bits per heavy atom. The molecule has 4 nitrogen and oxygen atoms in total. The lowest BCUT2D eigenvalue weighted by Crippen LogP contribution is -2.26. The first-order valence-electron chi connectivity index (χ1n) is 6.87. The fourth-order valence-corrected chi connectivity index (χ4v) is 4.75. The van der Waals surface area contributed by atoms with Gasteiger partial charge in [-0.25, -0.2) is 13.1 Å². The van der Waals surface area contributed by atoms with Gasteiger partial charge in [-0.1, -0.05) is 13.3 Å². The summed E-state index contributed by atoms with van der Waals surface area (Å²) in [6, 6.07) is 1.69. The summed E-state index contributed by atoms with van der Waals surface area (Å²) in [4.78, 5) is 1.30. The van der Waals surface area contributed by atoms with E-state index in [0.29, 0.717) is 18.0 Å². The fourth-order valence-electron chi connectivity index (χ4n) is 1.77. The van der Waals surface area contributed by atoms with Gasteiger partial charge in [0.05, 0.1) is 4.90 Å². The van der Waals surface area contributed by atoms with Crippen LogP contribution in [0.4, 0.5) is 0 Å². The first-order chi connectivity index (χ1) is 9.61. The van der Waals surface area contributed by atoms with Crippen LogP contribution in [-0.4, -0.2) is 33.5 Å². The number of hydrogen-bond donors (Lipinski definition) is 2. The predicted octanol–water partition coefficient (Wildman–Crippen LogP) is 2.67. The molecule has 0 aliphatic rings. The van der Waals surface area contributed by atoms with Crippen molar-refractivity contribution in [2.45, 2.75) is 37.6 Å². The molecular weight excluding hydrogens is 312 g/mol. The molecule has 0 amide bonds. The van der Waals surface area contributed by atoms with Crippen molar-refractivity contribution in [2.24, 2.45) is 0 Å². The molecule has 0 aliphatic heterocycles. The maximum atomic E-state index is 12.2. The highest BCUT2D eigenvalue weighted by molar-refractivity contribution is 7.98. The van der Waals surface area contributed by atoms with Gasteiger partial charge in [0.2, 0.25) is 10.0 Å². The molecule has 1 rings (SSSR count). The Kier molecular flexibility index (Phi) is 8.79. The van der Waals surface area contributed by atoms with E-state index in [0.717, 1.165) is 36.4 Å². The van der Waals surface area contributed by atoms with Crippen molar-refractivity contribution in [3.05, 3.63) is 16.3 Å². The van der Waals surface area contributed by atoms with Crippen molar-refractivity contribution >= 4 is 33.1 Å². The first kappa shape index (κ1) is 18.0. The van der Waals surface area contributed by atoms with Crippen LogP contribution in [0.1, 0.15) is 31.1 Å². The Morgan fingerprint density at radius 2 is 2.10 bits per heavy atom. The lowest BCUT2D eigenvalue weighted by Gasteiger charge is -2.08. The minimum absolute atomic E-state index is 0.424. The summed E-state index contributed by atoms with van der Waals surface area (Å²) in [6.07, 6.45) is 5.20. The number of sulfonamides is 1. The third-order valence-corrected chi connectivity index (χ3v) is 6.14. The number of hydrogen-bond acceptors (Lipinski definition) is 5. The van der Waals surface area contributed by atoms with Crippen molar-refractivity contribution in [3.63, 3.8) is 0 Å². The quantitative estimate of drug-likeness (QED) is 0.610. The molecule has 0 spiro atoms. The topological polar surface area (TPSA) is 58.2 Å². The lowest BCUT2D eigenvalue weighted by atomic mass is 10.2. The van der Waals surface area contributed by atoms with Crippen molar-refractivity contribution in [1.29, 1.82) is 0 Å². The molecule has 0 atom stereocenters. The van der Waals surface area contributed by atoms with Crippen LogP contribution in [0.15, 0.2) is 16.3 Å². The predicted molar refractivity (Wildman–Crippen MR) is 89.1 cm³/mol. The van der Waals surface area contributed by atoms with Crippen LogP contribution in [0.5, 0.6) is 0 Å². The van der Waals surface area contributed by atoms with Gasteiger partial charge in [-0.3, -0.25) is 0 Å². The van der Waals surface area contributed by atoms with E-state index in [1.54, 1.807) is 6.07 Å². The van der Waals surface area contributed by atoms with E-state index >= 15 is 0 Å². The second-order valence-electron chi connectivity index (χ2n) is 4.44. The lowest BCUT2D eigenvalue weighted by molar-refractivity contribution is 0.574. The monoisotopic (exact) mass is 336 g/mol. The van der Waals surface area contributed by atoms with E-state index < -0.39 is 10.0 Å². The molecule has 0 unspecified atom stereocenters. The highest BCUT2D eigenvalue weighted by Gasteiger charge is 2.18. The minimum Gasteiger partial charge on any atom is -0.312 e. The van der Waals surface area contributed by atoms with Gasteiger partial charge in [0.15, 0.2) is 0 Å². The average Bonchev–Trinajstić information content (AvgIpc) is 2.89. The van der Waals surface area contributed by atoms with Gasteiger partial charge < -0.3 is 5.32 Å². The summed E-state index contributed by atoms with van der Waals surface area (Å²) >= 11 is 3.31. The smallest absolute Gasteiger partial charge is 0.241 e. The third kappa shape index (κ3) is 6.13. The molecule has 2 N–H and O–H groups in total. The molecular formula is C13H24N2O2S3. The van der Waals surface area contributed by atoms with Crippen molar-refractivity contribution < 1.29 is 8.42 Å². The van der Waals surface area contributed by atoms with Crippen LogP contribution in [0.25, 0.3) is 0 Å². The summed E-state index contributed by atoms with van der Waals surface area (Å²) in [6.45, 7) is 3.97. The molecule has 20 heavy (non-hydrogen) atoms. The molecule has 0 fully saturated rings. The highest BCUT2D eigenvalue weighted by atomic mass is 32.2. The highest BCUT2D eigenvalue weighted by Crippen LogP contribution is 2.21. The Bertz CT molecular complexity index is 472. The van der Waals surface area contributed by atoms with Crippen molar-refractivity contribution in [1.82, 2.24) is 10.0 Å². The van der Waals surface area contributed by atoms with E-state index in [-0.39, 0.29) is 0 Å². The maximum Gasteiger partial charge on any atom is 0.241 e. The van der Waals surface area contributed by atoms with E-state index in [2.05, 4.69) is 16.3 Å². The zero-order chi connectivity index (χ0) is 14.8. The fraction of sp³-hybridized carbons (Fsp3) is 0.692. The molecule has 7 heteroatoms. The van der Waals surface area contributed by atoms with E-state index in [1.807, 2.05) is 24.1 Å². The van der Waals surface area contributed by atoms with E-state index in [1.165, 1.54) is 11.3 Å². The average molecular weight is 337 g/mol. The zero-order valence-electron chi connectivity index (χ0n) is 12.1. The van der Waals surface area contributed by atoms with Gasteiger partial charge in [-0.2, -0.15) is 11.8 Å². The van der Waals surface area contributed by atoms with Gasteiger partial charge in [0, 0.05) is 18.0 Å². The molecule has 1 aromatic rings. The molecule has 0 aliphatic carbocycles. The Hall–Kier alpha value is -0.0800. The largest absolute Gasteiger partial charge is 0.312 e. The Labute approximate surface area is 130 Å². The first-order valence-corrected chi connectivity index (χ1v) is 10.6. The maximum absolute atomic E-state index is 12.2. The number of unbranched alkanes of at least 4 members (excludes halogenated alkanes) is 2. The second-order valence-corrected chi connectivity index (χ2v) is 8.16. The molecule has 0 saturated heterocycles. The summed E-state index contributed by atoms with van der Waals surface area (Å²) in [7, 11) is -3.36. The Balaban J connectivity index is 2.45. The van der Waals surface area contributed by atoms with Gasteiger partial charge in [0.25, 0.3) is 0 Å². The van der Waals surface area contributed by atoms with E-state index in [9.17, 15) is 8.42 Å². The normalized spacial score (nSPS) is 11.9. The molecule has 116 valence electrons. The van der Waals surface area contributed by atoms with Gasteiger partial charge in [-0.15, -0.1) is 11.3 Å². The van der Waals surface area contributed by atoms with E-state index in [4.69, 9.17) is 0 Å². The number of nitrogens with one attached hydrogen (secondary N) is 2. The molecule has 0 aromatic carbocycles. The molecule has 0 bridgehead atoms. The summed E-state index contributed by atoms with van der Waals surface area (Å²) < 4.78 is 27.2. The summed E-state index contributed by atoms with van der Waals surface area (Å²) in [5.41, 5.74) is 0. The number of rotatable bonds is 11. The molecule has 0 saturated carbocycles. The molecule has 1 heterocycles. The van der Waals surface area contributed by atoms with Crippen molar-refractivity contribution in [3.8, 4) is 0 Å².